The van der Waals surface area contributed by atoms with Crippen LogP contribution in [0.4, 0.5) is 0 Å². The predicted molar refractivity (Wildman–Crippen MR) is 117 cm³/mol. The Morgan fingerprint density at radius 3 is 2.55 bits per heavy atom. The molecule has 0 saturated carbocycles. The van der Waals surface area contributed by atoms with E-state index in [-0.39, 0.29) is 5.56 Å². The van der Waals surface area contributed by atoms with Gasteiger partial charge in [-0.25, -0.2) is 4.98 Å². The molecule has 0 aliphatic carbocycles. The highest BCUT2D eigenvalue weighted by molar-refractivity contribution is 5.94. The van der Waals surface area contributed by atoms with Gasteiger partial charge >= 0.3 is 0 Å². The molecule has 2 aromatic heterocycles. The number of pyridine rings is 1. The molecule has 2 aromatic carbocycles. The Bertz CT molecular complexity index is 1180. The fraction of sp³-hybridized carbons (Fsp3) is 0.208. The number of fused-ring (bicyclic) bond motifs is 1. The van der Waals surface area contributed by atoms with Gasteiger partial charge < -0.3 is 5.32 Å². The zero-order chi connectivity index (χ0) is 20.2. The zero-order valence-electron chi connectivity index (χ0n) is 16.7. The standard InChI is InChI=1S/C24H24N4O/c1-3-14-25-16-22-27-21-11-7-10-20(18-13-12-17(2)26-15-18)23(21)24(29)28(22)19-8-5-4-6-9-19/h4-13,15,25H,3,14,16H2,1-2H3. The van der Waals surface area contributed by atoms with E-state index in [1.165, 1.54) is 0 Å². The molecule has 4 rings (SSSR count). The van der Waals surface area contributed by atoms with Gasteiger partial charge in [-0.15, -0.1) is 0 Å². The molecule has 4 aromatic rings. The third-order valence-electron chi connectivity index (χ3n) is 4.91. The van der Waals surface area contributed by atoms with Crippen LogP contribution < -0.4 is 10.9 Å². The summed E-state index contributed by atoms with van der Waals surface area (Å²) in [5.74, 6) is 0.710. The minimum absolute atomic E-state index is 0.0642. The number of para-hydroxylation sites is 1. The van der Waals surface area contributed by atoms with E-state index in [1.807, 2.05) is 73.8 Å². The van der Waals surface area contributed by atoms with Gasteiger partial charge in [-0.05, 0) is 49.7 Å². The van der Waals surface area contributed by atoms with Crippen LogP contribution in [0.2, 0.25) is 0 Å². The van der Waals surface area contributed by atoms with Crippen molar-refractivity contribution in [3.63, 3.8) is 0 Å². The molecule has 0 fully saturated rings. The van der Waals surface area contributed by atoms with Gasteiger partial charge in [0.15, 0.2) is 0 Å². The molecular weight excluding hydrogens is 360 g/mol. The van der Waals surface area contributed by atoms with Gasteiger partial charge in [-0.2, -0.15) is 0 Å². The Kier molecular flexibility index (Phi) is 5.49. The van der Waals surface area contributed by atoms with Crippen molar-refractivity contribution in [1.82, 2.24) is 19.9 Å². The predicted octanol–water partition coefficient (Wildman–Crippen LogP) is 4.26. The lowest BCUT2D eigenvalue weighted by molar-refractivity contribution is 0.634. The first-order valence-electron chi connectivity index (χ1n) is 9.93. The van der Waals surface area contributed by atoms with Gasteiger partial charge in [0.05, 0.1) is 23.1 Å². The van der Waals surface area contributed by atoms with Crippen molar-refractivity contribution in [2.24, 2.45) is 0 Å². The average molecular weight is 384 g/mol. The first kappa shape index (κ1) is 19.0. The number of aryl methyl sites for hydroxylation is 1. The monoisotopic (exact) mass is 384 g/mol. The fourth-order valence-electron chi connectivity index (χ4n) is 3.48. The highest BCUT2D eigenvalue weighted by Crippen LogP contribution is 2.26. The second kappa shape index (κ2) is 8.37. The van der Waals surface area contributed by atoms with Crippen LogP contribution in [-0.4, -0.2) is 21.1 Å². The number of rotatable bonds is 6. The van der Waals surface area contributed by atoms with Crippen LogP contribution in [0.3, 0.4) is 0 Å². The molecule has 1 N–H and O–H groups in total. The van der Waals surface area contributed by atoms with Crippen LogP contribution in [0.25, 0.3) is 27.7 Å². The minimum Gasteiger partial charge on any atom is -0.310 e. The molecule has 0 saturated heterocycles. The van der Waals surface area contributed by atoms with Crippen molar-refractivity contribution in [2.75, 3.05) is 6.54 Å². The summed E-state index contributed by atoms with van der Waals surface area (Å²) in [6, 6.07) is 19.5. The Morgan fingerprint density at radius 2 is 1.83 bits per heavy atom. The number of nitrogens with zero attached hydrogens (tertiary/aromatic N) is 3. The molecule has 0 aliphatic rings. The molecular formula is C24H24N4O. The summed E-state index contributed by atoms with van der Waals surface area (Å²) in [7, 11) is 0. The van der Waals surface area contributed by atoms with Crippen LogP contribution >= 0.6 is 0 Å². The molecule has 0 bridgehead atoms. The molecule has 0 aliphatic heterocycles. The molecule has 0 radical (unpaired) electrons. The summed E-state index contributed by atoms with van der Waals surface area (Å²) in [5.41, 5.74) is 4.16. The average Bonchev–Trinajstić information content (AvgIpc) is 2.75. The first-order chi connectivity index (χ1) is 14.2. The minimum atomic E-state index is -0.0642. The zero-order valence-corrected chi connectivity index (χ0v) is 16.7. The van der Waals surface area contributed by atoms with Crippen LogP contribution in [0.5, 0.6) is 0 Å². The van der Waals surface area contributed by atoms with Gasteiger partial charge in [-0.3, -0.25) is 14.3 Å². The second-order valence-electron chi connectivity index (χ2n) is 7.07. The van der Waals surface area contributed by atoms with Crippen LogP contribution in [-0.2, 0) is 6.54 Å². The topological polar surface area (TPSA) is 59.8 Å². The van der Waals surface area contributed by atoms with Crippen molar-refractivity contribution in [3.8, 4) is 16.8 Å². The van der Waals surface area contributed by atoms with Gasteiger partial charge in [0.2, 0.25) is 0 Å². The highest BCUT2D eigenvalue weighted by Gasteiger charge is 2.16. The van der Waals surface area contributed by atoms with E-state index in [9.17, 15) is 4.79 Å². The molecule has 0 unspecified atom stereocenters. The third-order valence-corrected chi connectivity index (χ3v) is 4.91. The number of hydrogen-bond donors (Lipinski definition) is 1. The van der Waals surface area contributed by atoms with E-state index in [2.05, 4.69) is 17.2 Å². The molecule has 2 heterocycles. The Morgan fingerprint density at radius 1 is 1.00 bits per heavy atom. The van der Waals surface area contributed by atoms with E-state index in [1.54, 1.807) is 4.57 Å². The van der Waals surface area contributed by atoms with Crippen LogP contribution in [0.1, 0.15) is 24.9 Å². The second-order valence-corrected chi connectivity index (χ2v) is 7.07. The highest BCUT2D eigenvalue weighted by atomic mass is 16.1. The van der Waals surface area contributed by atoms with Crippen molar-refractivity contribution < 1.29 is 0 Å². The van der Waals surface area contributed by atoms with Gasteiger partial charge in [0.25, 0.3) is 5.56 Å². The summed E-state index contributed by atoms with van der Waals surface area (Å²) < 4.78 is 1.72. The van der Waals surface area contributed by atoms with E-state index in [0.717, 1.165) is 35.5 Å². The number of aromatic nitrogens is 3. The smallest absolute Gasteiger partial charge is 0.266 e. The van der Waals surface area contributed by atoms with Gasteiger partial charge in [-0.1, -0.05) is 43.3 Å². The van der Waals surface area contributed by atoms with E-state index in [0.29, 0.717) is 23.3 Å². The normalized spacial score (nSPS) is 11.1. The molecule has 0 amide bonds. The van der Waals surface area contributed by atoms with Crippen molar-refractivity contribution in [2.45, 2.75) is 26.8 Å². The molecule has 0 atom stereocenters. The lowest BCUT2D eigenvalue weighted by atomic mass is 10.0. The van der Waals surface area contributed by atoms with E-state index >= 15 is 0 Å². The van der Waals surface area contributed by atoms with E-state index in [4.69, 9.17) is 4.98 Å². The molecule has 5 heteroatoms. The maximum atomic E-state index is 13.7. The first-order valence-corrected chi connectivity index (χ1v) is 9.93. The fourth-order valence-corrected chi connectivity index (χ4v) is 3.48. The maximum absolute atomic E-state index is 13.7. The van der Waals surface area contributed by atoms with Crippen LogP contribution in [0, 0.1) is 6.92 Å². The number of benzene rings is 2. The number of hydrogen-bond acceptors (Lipinski definition) is 4. The van der Waals surface area contributed by atoms with Crippen molar-refractivity contribution in [3.05, 3.63) is 88.7 Å². The lowest BCUT2D eigenvalue weighted by Gasteiger charge is -2.15. The summed E-state index contributed by atoms with van der Waals surface area (Å²) in [6.07, 6.45) is 2.83. The van der Waals surface area contributed by atoms with Crippen molar-refractivity contribution >= 4 is 10.9 Å². The molecule has 146 valence electrons. The molecule has 5 nitrogen and oxygen atoms in total. The van der Waals surface area contributed by atoms with Crippen LogP contribution in [0.15, 0.2) is 71.7 Å². The summed E-state index contributed by atoms with van der Waals surface area (Å²) in [5, 5.41) is 3.99. The maximum Gasteiger partial charge on any atom is 0.266 e. The third kappa shape index (κ3) is 3.82. The Balaban J connectivity index is 1.98. The summed E-state index contributed by atoms with van der Waals surface area (Å²) in [6.45, 7) is 5.47. The van der Waals surface area contributed by atoms with Gasteiger partial charge in [0.1, 0.15) is 5.82 Å². The Labute approximate surface area is 170 Å². The van der Waals surface area contributed by atoms with Crippen molar-refractivity contribution in [1.29, 1.82) is 0 Å². The number of nitrogens with one attached hydrogen (secondary N) is 1. The molecule has 29 heavy (non-hydrogen) atoms. The lowest BCUT2D eigenvalue weighted by Crippen LogP contribution is -2.28. The summed E-state index contributed by atoms with van der Waals surface area (Å²) in [4.78, 5) is 23.0. The quantitative estimate of drug-likeness (QED) is 0.505. The molecule has 0 spiro atoms. The van der Waals surface area contributed by atoms with E-state index < -0.39 is 0 Å². The summed E-state index contributed by atoms with van der Waals surface area (Å²) >= 11 is 0. The van der Waals surface area contributed by atoms with Gasteiger partial charge in [0, 0.05) is 17.5 Å². The Hall–Kier alpha value is -3.31. The SMILES string of the molecule is CCCNCc1nc2cccc(-c3ccc(C)nc3)c2c(=O)n1-c1ccccc1. The largest absolute Gasteiger partial charge is 0.310 e.